The van der Waals surface area contributed by atoms with Crippen LogP contribution in [0.4, 0.5) is 5.82 Å². The highest BCUT2D eigenvalue weighted by Gasteiger charge is 2.29. The molecule has 0 unspecified atom stereocenters. The molecule has 0 saturated heterocycles. The van der Waals surface area contributed by atoms with Gasteiger partial charge in [-0.1, -0.05) is 0 Å². The SMILES string of the molecule is CCOC1CC(Nc2cc(C)c(Br)cn2)C1. The number of nitrogens with one attached hydrogen (secondary N) is 1. The van der Waals surface area contributed by atoms with Gasteiger partial charge in [-0.25, -0.2) is 4.98 Å². The van der Waals surface area contributed by atoms with Crippen LogP contribution in [0.25, 0.3) is 0 Å². The highest BCUT2D eigenvalue weighted by molar-refractivity contribution is 9.10. The van der Waals surface area contributed by atoms with Gasteiger partial charge in [0.25, 0.3) is 0 Å². The highest BCUT2D eigenvalue weighted by Crippen LogP contribution is 2.27. The lowest BCUT2D eigenvalue weighted by atomic mass is 9.89. The van der Waals surface area contributed by atoms with Crippen LogP contribution in [0, 0.1) is 6.92 Å². The zero-order chi connectivity index (χ0) is 11.5. The zero-order valence-corrected chi connectivity index (χ0v) is 11.3. The number of aryl methyl sites for hydroxylation is 1. The smallest absolute Gasteiger partial charge is 0.126 e. The molecule has 1 saturated carbocycles. The van der Waals surface area contributed by atoms with E-state index in [9.17, 15) is 0 Å². The maximum absolute atomic E-state index is 5.52. The van der Waals surface area contributed by atoms with Crippen LogP contribution in [0.5, 0.6) is 0 Å². The normalized spacial score (nSPS) is 23.9. The molecular weight excluding hydrogens is 268 g/mol. The van der Waals surface area contributed by atoms with Crippen molar-refractivity contribution in [2.24, 2.45) is 0 Å². The minimum Gasteiger partial charge on any atom is -0.378 e. The van der Waals surface area contributed by atoms with E-state index in [4.69, 9.17) is 4.74 Å². The molecule has 0 aliphatic heterocycles. The summed E-state index contributed by atoms with van der Waals surface area (Å²) in [6, 6.07) is 2.59. The number of pyridine rings is 1. The van der Waals surface area contributed by atoms with Crippen molar-refractivity contribution in [2.45, 2.75) is 38.8 Å². The molecule has 1 aromatic heterocycles. The number of hydrogen-bond donors (Lipinski definition) is 1. The first kappa shape index (κ1) is 11.9. The summed E-state index contributed by atoms with van der Waals surface area (Å²) in [6.07, 6.45) is 4.46. The number of nitrogens with zero attached hydrogens (tertiary/aromatic N) is 1. The average Bonchev–Trinajstić information content (AvgIpc) is 2.20. The molecular formula is C12H17BrN2O. The lowest BCUT2D eigenvalue weighted by Gasteiger charge is -2.35. The van der Waals surface area contributed by atoms with E-state index in [0.29, 0.717) is 12.1 Å². The van der Waals surface area contributed by atoms with Crippen molar-refractivity contribution in [3.63, 3.8) is 0 Å². The van der Waals surface area contributed by atoms with Crippen LogP contribution in [0.1, 0.15) is 25.3 Å². The van der Waals surface area contributed by atoms with Gasteiger partial charge >= 0.3 is 0 Å². The van der Waals surface area contributed by atoms with E-state index in [1.165, 1.54) is 5.56 Å². The molecule has 1 fully saturated rings. The van der Waals surface area contributed by atoms with Crippen LogP contribution in [-0.2, 0) is 4.74 Å². The molecule has 1 aromatic rings. The van der Waals surface area contributed by atoms with Gasteiger partial charge in [-0.2, -0.15) is 0 Å². The lowest BCUT2D eigenvalue weighted by Crippen LogP contribution is -2.41. The highest BCUT2D eigenvalue weighted by atomic mass is 79.9. The summed E-state index contributed by atoms with van der Waals surface area (Å²) >= 11 is 3.45. The number of rotatable bonds is 4. The third kappa shape index (κ3) is 2.74. The molecule has 2 rings (SSSR count). The van der Waals surface area contributed by atoms with Gasteiger partial charge in [0.1, 0.15) is 5.82 Å². The van der Waals surface area contributed by atoms with Gasteiger partial charge in [0, 0.05) is 23.3 Å². The summed E-state index contributed by atoms with van der Waals surface area (Å²) in [5, 5.41) is 3.42. The van der Waals surface area contributed by atoms with Crippen LogP contribution < -0.4 is 5.32 Å². The van der Waals surface area contributed by atoms with Gasteiger partial charge in [0.05, 0.1) is 6.10 Å². The molecule has 0 radical (unpaired) electrons. The van der Waals surface area contributed by atoms with Gasteiger partial charge in [-0.3, -0.25) is 0 Å². The van der Waals surface area contributed by atoms with Gasteiger partial charge in [0.2, 0.25) is 0 Å². The number of aromatic nitrogens is 1. The molecule has 4 heteroatoms. The second-order valence-corrected chi connectivity index (χ2v) is 5.06. The van der Waals surface area contributed by atoms with Crippen LogP contribution in [0.2, 0.25) is 0 Å². The Morgan fingerprint density at radius 3 is 2.94 bits per heavy atom. The summed E-state index contributed by atoms with van der Waals surface area (Å²) in [5.74, 6) is 0.959. The summed E-state index contributed by atoms with van der Waals surface area (Å²) in [4.78, 5) is 4.33. The summed E-state index contributed by atoms with van der Waals surface area (Å²) < 4.78 is 6.58. The standard InChI is InChI=1S/C12H17BrN2O/c1-3-16-10-5-9(6-10)15-12-4-8(2)11(13)7-14-12/h4,7,9-10H,3,5-6H2,1-2H3,(H,14,15). The summed E-state index contributed by atoms with van der Waals surface area (Å²) in [6.45, 7) is 4.92. The molecule has 1 aliphatic rings. The fourth-order valence-electron chi connectivity index (χ4n) is 1.88. The third-order valence-electron chi connectivity index (χ3n) is 2.90. The summed E-state index contributed by atoms with van der Waals surface area (Å²) in [5.41, 5.74) is 1.21. The molecule has 0 bridgehead atoms. The van der Waals surface area contributed by atoms with E-state index < -0.39 is 0 Å². The Bertz CT molecular complexity index is 364. The second kappa shape index (κ2) is 5.15. The Kier molecular flexibility index (Phi) is 3.82. The Labute approximate surface area is 105 Å². The van der Waals surface area contributed by atoms with Crippen molar-refractivity contribution in [1.29, 1.82) is 0 Å². The Hall–Kier alpha value is -0.610. The fourth-order valence-corrected chi connectivity index (χ4v) is 2.10. The molecule has 1 heterocycles. The number of halogens is 1. The van der Waals surface area contributed by atoms with E-state index in [1.807, 2.05) is 13.1 Å². The minimum absolute atomic E-state index is 0.444. The molecule has 16 heavy (non-hydrogen) atoms. The van der Waals surface area contributed by atoms with E-state index >= 15 is 0 Å². The minimum atomic E-state index is 0.444. The van der Waals surface area contributed by atoms with Crippen molar-refractivity contribution in [1.82, 2.24) is 4.98 Å². The first-order valence-corrected chi connectivity index (χ1v) is 6.48. The number of hydrogen-bond acceptors (Lipinski definition) is 3. The van der Waals surface area contributed by atoms with Crippen molar-refractivity contribution in [3.05, 3.63) is 22.3 Å². The molecule has 1 aliphatic carbocycles. The number of ether oxygens (including phenoxy) is 1. The monoisotopic (exact) mass is 284 g/mol. The van der Waals surface area contributed by atoms with Crippen molar-refractivity contribution >= 4 is 21.7 Å². The third-order valence-corrected chi connectivity index (χ3v) is 3.73. The fraction of sp³-hybridized carbons (Fsp3) is 0.583. The Morgan fingerprint density at radius 2 is 2.31 bits per heavy atom. The van der Waals surface area contributed by atoms with Gasteiger partial charge in [-0.15, -0.1) is 0 Å². The van der Waals surface area contributed by atoms with Crippen LogP contribution >= 0.6 is 15.9 Å². The summed E-state index contributed by atoms with van der Waals surface area (Å²) in [7, 11) is 0. The topological polar surface area (TPSA) is 34.1 Å². The maximum atomic E-state index is 5.52. The van der Waals surface area contributed by atoms with Crippen molar-refractivity contribution in [2.75, 3.05) is 11.9 Å². The lowest BCUT2D eigenvalue weighted by molar-refractivity contribution is 0.00292. The van der Waals surface area contributed by atoms with E-state index in [1.54, 1.807) is 0 Å². The van der Waals surface area contributed by atoms with E-state index in [0.717, 1.165) is 29.7 Å². The molecule has 3 nitrogen and oxygen atoms in total. The van der Waals surface area contributed by atoms with Gasteiger partial charge < -0.3 is 10.1 Å². The second-order valence-electron chi connectivity index (χ2n) is 4.21. The quantitative estimate of drug-likeness (QED) is 0.923. The molecule has 1 N–H and O–H groups in total. The number of anilines is 1. The van der Waals surface area contributed by atoms with Crippen LogP contribution in [-0.4, -0.2) is 23.7 Å². The predicted molar refractivity (Wildman–Crippen MR) is 68.7 cm³/mol. The average molecular weight is 285 g/mol. The molecule has 0 atom stereocenters. The van der Waals surface area contributed by atoms with E-state index in [2.05, 4.69) is 39.2 Å². The van der Waals surface area contributed by atoms with Gasteiger partial charge in [0.15, 0.2) is 0 Å². The zero-order valence-electron chi connectivity index (χ0n) is 9.66. The van der Waals surface area contributed by atoms with Crippen LogP contribution in [0.3, 0.4) is 0 Å². The predicted octanol–water partition coefficient (Wildman–Crippen LogP) is 3.13. The molecule has 0 amide bonds. The van der Waals surface area contributed by atoms with Gasteiger partial charge in [-0.05, 0) is 54.2 Å². The molecule has 0 aromatic carbocycles. The maximum Gasteiger partial charge on any atom is 0.126 e. The first-order chi connectivity index (χ1) is 7.69. The first-order valence-electron chi connectivity index (χ1n) is 5.69. The van der Waals surface area contributed by atoms with Crippen molar-refractivity contribution in [3.8, 4) is 0 Å². The molecule has 0 spiro atoms. The van der Waals surface area contributed by atoms with Crippen LogP contribution in [0.15, 0.2) is 16.7 Å². The Balaban J connectivity index is 1.84. The largest absolute Gasteiger partial charge is 0.378 e. The van der Waals surface area contributed by atoms with Crippen molar-refractivity contribution < 1.29 is 4.74 Å². The molecule has 88 valence electrons. The van der Waals surface area contributed by atoms with E-state index in [-0.39, 0.29) is 0 Å². The Morgan fingerprint density at radius 1 is 1.56 bits per heavy atom.